The van der Waals surface area contributed by atoms with Crippen molar-refractivity contribution in [3.05, 3.63) is 65.7 Å². The van der Waals surface area contributed by atoms with E-state index in [-0.39, 0.29) is 17.3 Å². The fraction of sp³-hybridized carbons (Fsp3) is 0.364. The Bertz CT molecular complexity index is 832. The molecule has 6 heteroatoms. The lowest BCUT2D eigenvalue weighted by molar-refractivity contribution is -0.0433. The fourth-order valence-electron chi connectivity index (χ4n) is 2.86. The van der Waals surface area contributed by atoms with E-state index in [9.17, 15) is 9.59 Å². The van der Waals surface area contributed by atoms with Crippen LogP contribution in [0.5, 0.6) is 0 Å². The van der Waals surface area contributed by atoms with Crippen LogP contribution in [0.4, 0.5) is 4.79 Å². The number of amides is 1. The van der Waals surface area contributed by atoms with Gasteiger partial charge < -0.3 is 14.4 Å². The summed E-state index contributed by atoms with van der Waals surface area (Å²) in [5.41, 5.74) is 1.08. The van der Waals surface area contributed by atoms with Crippen molar-refractivity contribution < 1.29 is 19.1 Å². The predicted molar refractivity (Wildman–Crippen MR) is 110 cm³/mol. The average Bonchev–Trinajstić information content (AvgIpc) is 2.68. The Morgan fingerprint density at radius 2 is 1.86 bits per heavy atom. The molecule has 2 aromatic carbocycles. The van der Waals surface area contributed by atoms with Gasteiger partial charge in [-0.05, 0) is 50.2 Å². The minimum Gasteiger partial charge on any atom is -0.444 e. The van der Waals surface area contributed by atoms with Gasteiger partial charge in [-0.1, -0.05) is 42.5 Å². The van der Waals surface area contributed by atoms with Crippen LogP contribution in [-0.4, -0.2) is 41.4 Å². The zero-order chi connectivity index (χ0) is 20.1. The highest BCUT2D eigenvalue weighted by Gasteiger charge is 2.29. The molecule has 3 rings (SSSR count). The zero-order valence-electron chi connectivity index (χ0n) is 16.4. The third-order valence-corrected chi connectivity index (χ3v) is 5.08. The summed E-state index contributed by atoms with van der Waals surface area (Å²) in [7, 11) is 0. The molecular formula is C22H25NO4S. The molecule has 2 aromatic rings. The number of hydrogen-bond donors (Lipinski definition) is 0. The van der Waals surface area contributed by atoms with Gasteiger partial charge in [0.1, 0.15) is 11.7 Å². The zero-order valence-corrected chi connectivity index (χ0v) is 17.2. The smallest absolute Gasteiger partial charge is 0.410 e. The summed E-state index contributed by atoms with van der Waals surface area (Å²) in [6.45, 7) is 6.94. The van der Waals surface area contributed by atoms with Crippen LogP contribution in [0.25, 0.3) is 0 Å². The number of morpholine rings is 1. The van der Waals surface area contributed by atoms with E-state index in [4.69, 9.17) is 9.47 Å². The van der Waals surface area contributed by atoms with Crippen molar-refractivity contribution in [1.82, 2.24) is 4.90 Å². The third kappa shape index (κ3) is 5.59. The number of carbonyl (C=O) groups excluding carboxylic acids is 2. The van der Waals surface area contributed by atoms with Gasteiger partial charge in [-0.15, -0.1) is 0 Å². The fourth-order valence-corrected chi connectivity index (χ4v) is 3.67. The first-order valence-corrected chi connectivity index (χ1v) is 10.1. The number of thioether (sulfide) groups is 1. The average molecular weight is 400 g/mol. The summed E-state index contributed by atoms with van der Waals surface area (Å²) in [6.07, 6.45) is -0.570. The second-order valence-electron chi connectivity index (χ2n) is 7.61. The largest absolute Gasteiger partial charge is 0.444 e. The molecule has 1 aliphatic rings. The maximum atomic E-state index is 12.4. The second kappa shape index (κ2) is 8.80. The van der Waals surface area contributed by atoms with Crippen LogP contribution in [0.1, 0.15) is 42.8 Å². The van der Waals surface area contributed by atoms with Crippen molar-refractivity contribution in [3.8, 4) is 0 Å². The number of rotatable bonds is 3. The molecule has 0 aliphatic carbocycles. The van der Waals surface area contributed by atoms with Gasteiger partial charge in [0.05, 0.1) is 13.2 Å². The van der Waals surface area contributed by atoms with Gasteiger partial charge in [-0.3, -0.25) is 4.79 Å². The van der Waals surface area contributed by atoms with Crippen molar-refractivity contribution in [3.63, 3.8) is 0 Å². The molecule has 1 heterocycles. The summed E-state index contributed by atoms with van der Waals surface area (Å²) < 4.78 is 11.3. The normalized spacial score (nSPS) is 17.2. The molecule has 0 saturated carbocycles. The first kappa shape index (κ1) is 20.4. The molecule has 0 spiro atoms. The van der Waals surface area contributed by atoms with Gasteiger partial charge in [0.15, 0.2) is 0 Å². The van der Waals surface area contributed by atoms with Crippen LogP contribution in [0, 0.1) is 0 Å². The molecule has 1 saturated heterocycles. The minimum absolute atomic E-state index is 0.00214. The third-order valence-electron chi connectivity index (χ3n) is 4.17. The van der Waals surface area contributed by atoms with Crippen LogP contribution >= 0.6 is 11.8 Å². The molecule has 1 amide bonds. The summed E-state index contributed by atoms with van der Waals surface area (Å²) >= 11 is 1.19. The highest BCUT2D eigenvalue weighted by Crippen LogP contribution is 2.29. The molecule has 148 valence electrons. The van der Waals surface area contributed by atoms with E-state index in [1.807, 2.05) is 75.4 Å². The SMILES string of the molecule is CC(C)(C)OC(=O)N1CCO[C@H](c2cccc(SC(=O)c3ccccc3)c2)C1. The van der Waals surface area contributed by atoms with Crippen LogP contribution in [-0.2, 0) is 9.47 Å². The molecule has 0 aromatic heterocycles. The first-order chi connectivity index (χ1) is 13.3. The predicted octanol–water partition coefficient (Wildman–Crippen LogP) is 4.93. The lowest BCUT2D eigenvalue weighted by atomic mass is 10.1. The van der Waals surface area contributed by atoms with E-state index in [1.165, 1.54) is 11.8 Å². The van der Waals surface area contributed by atoms with Crippen LogP contribution in [0.2, 0.25) is 0 Å². The molecular weight excluding hydrogens is 374 g/mol. The van der Waals surface area contributed by atoms with Gasteiger partial charge in [-0.25, -0.2) is 4.79 Å². The Kier molecular flexibility index (Phi) is 6.42. The Labute approximate surface area is 170 Å². The quantitative estimate of drug-likeness (QED) is 0.685. The Balaban J connectivity index is 1.67. The van der Waals surface area contributed by atoms with Crippen LogP contribution in [0.3, 0.4) is 0 Å². The summed E-state index contributed by atoms with van der Waals surface area (Å²) in [6, 6.07) is 16.9. The van der Waals surface area contributed by atoms with E-state index in [0.29, 0.717) is 25.3 Å². The number of benzene rings is 2. The Hall–Kier alpha value is -2.31. The lowest BCUT2D eigenvalue weighted by Crippen LogP contribution is -2.44. The van der Waals surface area contributed by atoms with E-state index in [0.717, 1.165) is 10.5 Å². The summed E-state index contributed by atoms with van der Waals surface area (Å²) in [4.78, 5) is 27.3. The van der Waals surface area contributed by atoms with Crippen molar-refractivity contribution in [2.75, 3.05) is 19.7 Å². The molecule has 0 radical (unpaired) electrons. The lowest BCUT2D eigenvalue weighted by Gasteiger charge is -2.34. The van der Waals surface area contributed by atoms with E-state index < -0.39 is 5.60 Å². The van der Waals surface area contributed by atoms with Crippen molar-refractivity contribution in [2.24, 2.45) is 0 Å². The number of ether oxygens (including phenoxy) is 2. The molecule has 0 unspecified atom stereocenters. The van der Waals surface area contributed by atoms with Crippen LogP contribution in [0.15, 0.2) is 59.5 Å². The first-order valence-electron chi connectivity index (χ1n) is 9.28. The van der Waals surface area contributed by atoms with Crippen molar-refractivity contribution in [2.45, 2.75) is 37.4 Å². The minimum atomic E-state index is -0.529. The number of nitrogens with zero attached hydrogens (tertiary/aromatic N) is 1. The molecule has 1 fully saturated rings. The van der Waals surface area contributed by atoms with Gasteiger partial charge in [0.25, 0.3) is 0 Å². The molecule has 0 N–H and O–H groups in total. The maximum absolute atomic E-state index is 12.4. The van der Waals surface area contributed by atoms with E-state index in [1.54, 1.807) is 4.90 Å². The van der Waals surface area contributed by atoms with Gasteiger partial charge >= 0.3 is 6.09 Å². The molecule has 1 aliphatic heterocycles. The second-order valence-corrected chi connectivity index (χ2v) is 8.66. The monoisotopic (exact) mass is 399 g/mol. The summed E-state index contributed by atoms with van der Waals surface area (Å²) in [5, 5.41) is -0.00214. The summed E-state index contributed by atoms with van der Waals surface area (Å²) in [5.74, 6) is 0. The number of hydrogen-bond acceptors (Lipinski definition) is 5. The maximum Gasteiger partial charge on any atom is 0.410 e. The molecule has 1 atom stereocenters. The van der Waals surface area contributed by atoms with E-state index in [2.05, 4.69) is 0 Å². The van der Waals surface area contributed by atoms with E-state index >= 15 is 0 Å². The Morgan fingerprint density at radius 3 is 2.57 bits per heavy atom. The van der Waals surface area contributed by atoms with Gasteiger partial charge in [0.2, 0.25) is 5.12 Å². The topological polar surface area (TPSA) is 55.8 Å². The standard InChI is InChI=1S/C22H25NO4S/c1-22(2,3)27-21(25)23-12-13-26-19(15-23)17-10-7-11-18(14-17)28-20(24)16-8-5-4-6-9-16/h4-11,14,19H,12-13,15H2,1-3H3/t19-/m0/s1. The molecule has 5 nitrogen and oxygen atoms in total. The van der Waals surface area contributed by atoms with Crippen LogP contribution < -0.4 is 0 Å². The van der Waals surface area contributed by atoms with Gasteiger partial charge in [0, 0.05) is 17.0 Å². The Morgan fingerprint density at radius 1 is 1.11 bits per heavy atom. The highest BCUT2D eigenvalue weighted by atomic mass is 32.2. The van der Waals surface area contributed by atoms with Crippen molar-refractivity contribution in [1.29, 1.82) is 0 Å². The molecule has 28 heavy (non-hydrogen) atoms. The number of carbonyl (C=O) groups is 2. The molecule has 0 bridgehead atoms. The van der Waals surface area contributed by atoms with Crippen molar-refractivity contribution >= 4 is 23.0 Å². The van der Waals surface area contributed by atoms with Gasteiger partial charge in [-0.2, -0.15) is 0 Å². The highest BCUT2D eigenvalue weighted by molar-refractivity contribution is 8.14.